The minimum absolute atomic E-state index is 0.138. The summed E-state index contributed by atoms with van der Waals surface area (Å²) in [6.45, 7) is 7.36. The molecule has 107 valence electrons. The third-order valence-electron chi connectivity index (χ3n) is 3.32. The molecule has 1 aliphatic rings. The minimum atomic E-state index is -1.16. The molecule has 2 N–H and O–H groups in total. The van der Waals surface area contributed by atoms with Crippen LogP contribution in [0.1, 0.15) is 40.5 Å². The number of piperidine rings is 1. The van der Waals surface area contributed by atoms with Crippen molar-refractivity contribution in [3.05, 3.63) is 12.2 Å². The molecule has 0 aromatic rings. The van der Waals surface area contributed by atoms with Gasteiger partial charge in [-0.15, -0.1) is 10.3 Å². The van der Waals surface area contributed by atoms with Crippen LogP contribution in [0, 0.1) is 0 Å². The minimum Gasteiger partial charge on any atom is -0.478 e. The fourth-order valence-electron chi connectivity index (χ4n) is 2.76. The lowest BCUT2D eigenvalue weighted by molar-refractivity contribution is -0.289. The Hall–Kier alpha value is -1.40. The summed E-state index contributed by atoms with van der Waals surface area (Å²) in [7, 11) is 0. The maximum Gasteiger partial charge on any atom is 0.328 e. The molecular formula is C13H21N2O4. The van der Waals surface area contributed by atoms with Crippen LogP contribution in [0.3, 0.4) is 0 Å². The summed E-state index contributed by atoms with van der Waals surface area (Å²) in [6.07, 6.45) is 2.86. The highest BCUT2D eigenvalue weighted by Gasteiger charge is 2.46. The number of hydroxylamine groups is 2. The molecule has 0 aromatic carbocycles. The molecule has 0 aliphatic carbocycles. The maximum absolute atomic E-state index is 12.1. The monoisotopic (exact) mass is 269 g/mol. The third-order valence-corrected chi connectivity index (χ3v) is 3.32. The zero-order chi connectivity index (χ0) is 14.8. The van der Waals surface area contributed by atoms with E-state index in [1.54, 1.807) is 0 Å². The van der Waals surface area contributed by atoms with Gasteiger partial charge in [0.2, 0.25) is 5.91 Å². The maximum atomic E-state index is 12.1. The molecule has 1 fully saturated rings. The quantitative estimate of drug-likeness (QED) is 0.751. The predicted molar refractivity (Wildman–Crippen MR) is 68.6 cm³/mol. The number of carboxylic acid groups (broad SMARTS) is 1. The van der Waals surface area contributed by atoms with Crippen molar-refractivity contribution in [1.29, 1.82) is 0 Å². The molecule has 6 heteroatoms. The molecule has 0 unspecified atom stereocenters. The van der Waals surface area contributed by atoms with Crippen LogP contribution in [-0.4, -0.2) is 39.2 Å². The van der Waals surface area contributed by atoms with E-state index in [4.69, 9.17) is 5.11 Å². The van der Waals surface area contributed by atoms with E-state index in [0.717, 1.165) is 17.2 Å². The van der Waals surface area contributed by atoms with Crippen LogP contribution in [0.15, 0.2) is 12.2 Å². The number of rotatable bonds is 3. The molecule has 1 amide bonds. The number of hydrogen-bond acceptors (Lipinski definition) is 3. The number of nitrogens with one attached hydrogen (secondary N) is 1. The first-order chi connectivity index (χ1) is 8.54. The van der Waals surface area contributed by atoms with Crippen molar-refractivity contribution in [3.63, 3.8) is 0 Å². The topological polar surface area (TPSA) is 89.5 Å². The number of aliphatic carboxylic acids is 1. The van der Waals surface area contributed by atoms with Gasteiger partial charge in [0.1, 0.15) is 0 Å². The van der Waals surface area contributed by atoms with Crippen LogP contribution < -0.4 is 5.32 Å². The summed E-state index contributed by atoms with van der Waals surface area (Å²) in [4.78, 5) is 21.9. The van der Waals surface area contributed by atoms with Crippen molar-refractivity contribution in [1.82, 2.24) is 10.4 Å². The Kier molecular flexibility index (Phi) is 4.37. The van der Waals surface area contributed by atoms with Gasteiger partial charge in [0.05, 0.1) is 0 Å². The summed E-state index contributed by atoms with van der Waals surface area (Å²) in [5.74, 6) is -1.61. The van der Waals surface area contributed by atoms with Crippen LogP contribution in [0.25, 0.3) is 0 Å². The van der Waals surface area contributed by atoms with Gasteiger partial charge in [-0.05, 0) is 40.5 Å². The van der Waals surface area contributed by atoms with Gasteiger partial charge in [-0.3, -0.25) is 4.79 Å². The zero-order valence-corrected chi connectivity index (χ0v) is 11.8. The second-order valence-electron chi connectivity index (χ2n) is 6.20. The number of amides is 1. The third kappa shape index (κ3) is 4.04. The molecule has 6 nitrogen and oxygen atoms in total. The number of hydrogen-bond donors (Lipinski definition) is 2. The zero-order valence-electron chi connectivity index (χ0n) is 11.8. The lowest BCUT2D eigenvalue weighted by Gasteiger charge is -2.49. The lowest BCUT2D eigenvalue weighted by atomic mass is 9.79. The van der Waals surface area contributed by atoms with Gasteiger partial charge in [-0.1, -0.05) is 0 Å². The summed E-state index contributed by atoms with van der Waals surface area (Å²) in [5, 5.41) is 24.4. The largest absolute Gasteiger partial charge is 0.478 e. The summed E-state index contributed by atoms with van der Waals surface area (Å²) >= 11 is 0. The van der Waals surface area contributed by atoms with Gasteiger partial charge in [0.15, 0.2) is 0 Å². The summed E-state index contributed by atoms with van der Waals surface area (Å²) in [6, 6.07) is -0.138. The van der Waals surface area contributed by atoms with Gasteiger partial charge in [-0.2, -0.15) is 0 Å². The Morgan fingerprint density at radius 2 is 1.63 bits per heavy atom. The van der Waals surface area contributed by atoms with Crippen LogP contribution in [0.5, 0.6) is 0 Å². The second-order valence-corrected chi connectivity index (χ2v) is 6.20. The highest BCUT2D eigenvalue weighted by molar-refractivity contribution is 5.94. The smallest absolute Gasteiger partial charge is 0.328 e. The molecule has 1 rings (SSSR count). The van der Waals surface area contributed by atoms with Crippen LogP contribution in [0.2, 0.25) is 0 Å². The SMILES string of the molecule is CC1(C)CC(NC(=O)/C=C/C(=O)O)CC(C)(C)N1[O]. The first-order valence-electron chi connectivity index (χ1n) is 6.23. The molecule has 1 radical (unpaired) electrons. The van der Waals surface area contributed by atoms with E-state index in [2.05, 4.69) is 5.32 Å². The lowest BCUT2D eigenvalue weighted by Crippen LogP contribution is -2.62. The van der Waals surface area contributed by atoms with Crippen molar-refractivity contribution in [2.75, 3.05) is 0 Å². The molecule has 0 saturated carbocycles. The summed E-state index contributed by atoms with van der Waals surface area (Å²) < 4.78 is 0. The molecule has 0 bridgehead atoms. The normalized spacial score (nSPS) is 23.4. The fraction of sp³-hybridized carbons (Fsp3) is 0.692. The van der Waals surface area contributed by atoms with E-state index in [0.29, 0.717) is 12.8 Å². The average Bonchev–Trinajstić information content (AvgIpc) is 2.22. The highest BCUT2D eigenvalue weighted by atomic mass is 16.5. The first-order valence-corrected chi connectivity index (χ1v) is 6.23. The molecule has 0 spiro atoms. The standard InChI is InChI=1S/C13H21N2O4/c1-12(2)7-9(8-13(3,4)15(12)19)14-10(16)5-6-11(17)18/h5-6,9H,7-8H2,1-4H3,(H,14,16)(H,17,18)/b6-5+. The van der Waals surface area contributed by atoms with Gasteiger partial charge in [0.25, 0.3) is 0 Å². The van der Waals surface area contributed by atoms with E-state index < -0.39 is 23.0 Å². The van der Waals surface area contributed by atoms with Crippen LogP contribution in [0.4, 0.5) is 0 Å². The molecule has 0 aromatic heterocycles. The van der Waals surface area contributed by atoms with Crippen molar-refractivity contribution < 1.29 is 19.9 Å². The van der Waals surface area contributed by atoms with Crippen molar-refractivity contribution in [2.24, 2.45) is 0 Å². The van der Waals surface area contributed by atoms with Gasteiger partial charge >= 0.3 is 5.97 Å². The molecule has 1 saturated heterocycles. The van der Waals surface area contributed by atoms with Crippen molar-refractivity contribution in [3.8, 4) is 0 Å². The average molecular weight is 269 g/mol. The molecule has 0 atom stereocenters. The Morgan fingerprint density at radius 3 is 2.05 bits per heavy atom. The highest BCUT2D eigenvalue weighted by Crippen LogP contribution is 2.36. The molecular weight excluding hydrogens is 248 g/mol. The number of nitrogens with zero attached hydrogens (tertiary/aromatic N) is 1. The Balaban J connectivity index is 2.71. The predicted octanol–water partition coefficient (Wildman–Crippen LogP) is 1.11. The molecule has 19 heavy (non-hydrogen) atoms. The van der Waals surface area contributed by atoms with Gasteiger partial charge in [-0.25, -0.2) is 4.79 Å². The van der Waals surface area contributed by atoms with E-state index >= 15 is 0 Å². The van der Waals surface area contributed by atoms with Crippen LogP contribution >= 0.6 is 0 Å². The van der Waals surface area contributed by atoms with E-state index in [1.165, 1.54) is 0 Å². The molecule has 1 aliphatic heterocycles. The Bertz CT molecular complexity index is 383. The molecule has 1 heterocycles. The Morgan fingerprint density at radius 1 is 1.16 bits per heavy atom. The van der Waals surface area contributed by atoms with Gasteiger partial charge < -0.3 is 10.4 Å². The van der Waals surface area contributed by atoms with E-state index in [1.807, 2.05) is 27.7 Å². The fourth-order valence-corrected chi connectivity index (χ4v) is 2.76. The van der Waals surface area contributed by atoms with Crippen LogP contribution in [-0.2, 0) is 14.8 Å². The van der Waals surface area contributed by atoms with E-state index in [9.17, 15) is 14.8 Å². The number of carboxylic acids is 1. The Labute approximate surface area is 113 Å². The second kappa shape index (κ2) is 5.30. The number of carbonyl (C=O) groups is 2. The van der Waals surface area contributed by atoms with Crippen molar-refractivity contribution in [2.45, 2.75) is 57.7 Å². The number of carbonyl (C=O) groups excluding carboxylic acids is 1. The van der Waals surface area contributed by atoms with Crippen molar-refractivity contribution >= 4 is 11.9 Å². The summed E-state index contributed by atoms with van der Waals surface area (Å²) in [5.41, 5.74) is -1.12. The van der Waals surface area contributed by atoms with Gasteiger partial charge in [0, 0.05) is 29.3 Å². The van der Waals surface area contributed by atoms with E-state index in [-0.39, 0.29) is 6.04 Å². The first kappa shape index (κ1) is 15.7.